The Morgan fingerprint density at radius 1 is 1.03 bits per heavy atom. The zero-order chi connectivity index (χ0) is 21.9. The monoisotopic (exact) mass is 456 g/mol. The average Bonchev–Trinajstić information content (AvgIpc) is 3.20. The van der Waals surface area contributed by atoms with Crippen molar-refractivity contribution in [2.75, 3.05) is 20.3 Å². The summed E-state index contributed by atoms with van der Waals surface area (Å²) in [6, 6.07) is 0. The molecule has 1 aliphatic heterocycles. The third kappa shape index (κ3) is 2.96. The molecule has 4 aliphatic rings. The van der Waals surface area contributed by atoms with E-state index in [0.717, 1.165) is 32.1 Å². The van der Waals surface area contributed by atoms with Gasteiger partial charge in [0.1, 0.15) is 10.1 Å². The number of fused-ring (bicyclic) bond motifs is 2. The maximum absolute atomic E-state index is 13.0. The fraction of sp³-hybridized carbons (Fsp3) is 0.739. The summed E-state index contributed by atoms with van der Waals surface area (Å²) >= 11 is 12.1. The Morgan fingerprint density at radius 2 is 1.67 bits per heavy atom. The lowest BCUT2D eigenvalue weighted by Crippen LogP contribution is -2.61. The number of hydrogen-bond acceptors (Lipinski definition) is 5. The van der Waals surface area contributed by atoms with Gasteiger partial charge in [0.15, 0.2) is 11.5 Å². The molecule has 4 atom stereocenters. The Kier molecular flexibility index (Phi) is 5.66. The van der Waals surface area contributed by atoms with Gasteiger partial charge in [-0.1, -0.05) is 44.0 Å². The number of methoxy groups -OCH3 is 1. The number of ether oxygens (including phenoxy) is 3. The van der Waals surface area contributed by atoms with Crippen molar-refractivity contribution >= 4 is 34.8 Å². The zero-order valence-corrected chi connectivity index (χ0v) is 19.6. The Labute approximate surface area is 188 Å². The van der Waals surface area contributed by atoms with Gasteiger partial charge in [0, 0.05) is 17.4 Å². The summed E-state index contributed by atoms with van der Waals surface area (Å²) in [6.07, 6.45) is 5.38. The normalized spacial score (nSPS) is 39.0. The third-order valence-electron chi connectivity index (χ3n) is 8.52. The minimum Gasteiger partial charge on any atom is -0.492 e. The molecule has 30 heavy (non-hydrogen) atoms. The van der Waals surface area contributed by atoms with E-state index < -0.39 is 17.4 Å². The number of ketones is 2. The van der Waals surface area contributed by atoms with Crippen LogP contribution in [0.3, 0.4) is 0 Å². The van der Waals surface area contributed by atoms with Gasteiger partial charge in [-0.3, -0.25) is 9.59 Å². The van der Waals surface area contributed by atoms with E-state index in [-0.39, 0.29) is 32.6 Å². The van der Waals surface area contributed by atoms with Crippen molar-refractivity contribution in [2.45, 2.75) is 65.1 Å². The minimum absolute atomic E-state index is 0.0222. The van der Waals surface area contributed by atoms with E-state index in [9.17, 15) is 9.59 Å². The second-order valence-corrected chi connectivity index (χ2v) is 10.5. The molecule has 0 aromatic carbocycles. The molecule has 1 saturated heterocycles. The van der Waals surface area contributed by atoms with Gasteiger partial charge in [0.25, 0.3) is 0 Å². The predicted molar refractivity (Wildman–Crippen MR) is 114 cm³/mol. The maximum atomic E-state index is 13.0. The highest BCUT2D eigenvalue weighted by molar-refractivity contribution is 6.58. The lowest BCUT2D eigenvalue weighted by molar-refractivity contribution is -0.297. The van der Waals surface area contributed by atoms with Crippen molar-refractivity contribution in [3.8, 4) is 0 Å². The molecule has 3 aliphatic carbocycles. The van der Waals surface area contributed by atoms with Crippen molar-refractivity contribution in [3.63, 3.8) is 0 Å². The molecule has 0 N–H and O–H groups in total. The fourth-order valence-electron chi connectivity index (χ4n) is 6.68. The first-order valence-electron chi connectivity index (χ1n) is 10.8. The van der Waals surface area contributed by atoms with Crippen LogP contribution in [0, 0.1) is 22.7 Å². The summed E-state index contributed by atoms with van der Waals surface area (Å²) in [7, 11) is 1.40. The van der Waals surface area contributed by atoms with Gasteiger partial charge in [-0.05, 0) is 49.4 Å². The van der Waals surface area contributed by atoms with E-state index in [1.54, 1.807) is 0 Å². The molecule has 0 radical (unpaired) electrons. The number of Topliss-reactive ketones (excluding diaryl/α,β-unsaturated/α-hetero) is 2. The van der Waals surface area contributed by atoms with E-state index in [1.165, 1.54) is 7.11 Å². The number of halogens is 2. The van der Waals surface area contributed by atoms with Crippen molar-refractivity contribution in [1.82, 2.24) is 0 Å². The highest BCUT2D eigenvalue weighted by atomic mass is 35.5. The van der Waals surface area contributed by atoms with Gasteiger partial charge < -0.3 is 14.2 Å². The van der Waals surface area contributed by atoms with Crippen LogP contribution in [0.1, 0.15) is 59.3 Å². The average molecular weight is 457 g/mol. The number of carbonyl (C=O) groups is 2. The van der Waals surface area contributed by atoms with Gasteiger partial charge in [-0.2, -0.15) is 0 Å². The summed E-state index contributed by atoms with van der Waals surface area (Å²) in [4.78, 5) is 25.7. The number of carbonyl (C=O) groups excluding carboxylic acids is 2. The molecule has 1 spiro atoms. The van der Waals surface area contributed by atoms with Crippen molar-refractivity contribution in [2.24, 2.45) is 22.7 Å². The summed E-state index contributed by atoms with van der Waals surface area (Å²) in [6.45, 7) is 8.01. The molecule has 0 amide bonds. The Bertz CT molecular complexity index is 841. The highest BCUT2D eigenvalue weighted by Gasteiger charge is 2.65. The summed E-state index contributed by atoms with van der Waals surface area (Å²) in [5, 5.41) is -0.479. The number of rotatable bonds is 3. The Balaban J connectivity index is 1.76. The standard InChI is InChI=1S/C23H30Cl2O5/c1-13-7-9-22(3)15(6-5-8-23(22)29-10-11-30-23)21(13,2)12-14-18(26)16(24)17(25)19(27)20(14)28-4/h13,15H,5-12H2,1-4H3/t13-,15-,21+,22+/m0/s1. The van der Waals surface area contributed by atoms with Gasteiger partial charge in [0.2, 0.25) is 11.6 Å². The molecule has 5 nitrogen and oxygen atoms in total. The third-order valence-corrected chi connectivity index (χ3v) is 9.34. The molecule has 0 bridgehead atoms. The molecule has 0 aromatic rings. The highest BCUT2D eigenvalue weighted by Crippen LogP contribution is 2.66. The Morgan fingerprint density at radius 3 is 2.30 bits per heavy atom. The summed E-state index contributed by atoms with van der Waals surface area (Å²) < 4.78 is 17.9. The van der Waals surface area contributed by atoms with E-state index in [2.05, 4.69) is 20.8 Å². The second kappa shape index (κ2) is 7.61. The van der Waals surface area contributed by atoms with Crippen LogP contribution < -0.4 is 0 Å². The van der Waals surface area contributed by atoms with E-state index >= 15 is 0 Å². The molecule has 2 saturated carbocycles. The lowest BCUT2D eigenvalue weighted by Gasteiger charge is -2.63. The molecular weight excluding hydrogens is 427 g/mol. The quantitative estimate of drug-likeness (QED) is 0.552. The minimum atomic E-state index is -0.553. The van der Waals surface area contributed by atoms with Crippen LogP contribution in [0.25, 0.3) is 0 Å². The molecule has 1 heterocycles. The van der Waals surface area contributed by atoms with Crippen molar-refractivity contribution in [1.29, 1.82) is 0 Å². The molecule has 0 unspecified atom stereocenters. The number of hydrogen-bond donors (Lipinski definition) is 0. The maximum Gasteiger partial charge on any atom is 0.240 e. The van der Waals surface area contributed by atoms with E-state index in [0.29, 0.717) is 31.1 Å². The van der Waals surface area contributed by atoms with E-state index in [1.807, 2.05) is 0 Å². The van der Waals surface area contributed by atoms with Gasteiger partial charge in [-0.15, -0.1) is 0 Å². The molecule has 7 heteroatoms. The van der Waals surface area contributed by atoms with Gasteiger partial charge >= 0.3 is 0 Å². The zero-order valence-electron chi connectivity index (χ0n) is 18.1. The van der Waals surface area contributed by atoms with E-state index in [4.69, 9.17) is 37.4 Å². The van der Waals surface area contributed by atoms with Gasteiger partial charge in [-0.25, -0.2) is 0 Å². The van der Waals surface area contributed by atoms with Crippen LogP contribution in [0.15, 0.2) is 21.4 Å². The van der Waals surface area contributed by atoms with Gasteiger partial charge in [0.05, 0.1) is 20.3 Å². The summed E-state index contributed by atoms with van der Waals surface area (Å²) in [5.41, 5.74) is -0.0647. The smallest absolute Gasteiger partial charge is 0.240 e. The first-order chi connectivity index (χ1) is 14.1. The molecule has 166 valence electrons. The lowest BCUT2D eigenvalue weighted by atomic mass is 9.45. The van der Waals surface area contributed by atoms with Crippen LogP contribution in [-0.2, 0) is 23.8 Å². The molecule has 3 fully saturated rings. The predicted octanol–water partition coefficient (Wildman–Crippen LogP) is 5.10. The molecule has 4 rings (SSSR count). The SMILES string of the molecule is COC1=C(C[C@]2(C)[C@@H](C)CC[C@]3(C)[C@H]2CCCC32OCCO2)C(=O)C(Cl)=C(Cl)C1=O. The van der Waals surface area contributed by atoms with Crippen LogP contribution in [0.5, 0.6) is 0 Å². The number of allylic oxidation sites excluding steroid dienone is 3. The van der Waals surface area contributed by atoms with Crippen LogP contribution >= 0.6 is 23.2 Å². The van der Waals surface area contributed by atoms with Crippen molar-refractivity contribution < 1.29 is 23.8 Å². The summed E-state index contributed by atoms with van der Waals surface area (Å²) in [5.74, 6) is -0.832. The molecule has 0 aromatic heterocycles. The van der Waals surface area contributed by atoms with Crippen molar-refractivity contribution in [3.05, 3.63) is 21.4 Å². The fourth-order valence-corrected chi connectivity index (χ4v) is 7.05. The molecular formula is C23H30Cl2O5. The van der Waals surface area contributed by atoms with Crippen LogP contribution in [-0.4, -0.2) is 37.7 Å². The Hall–Kier alpha value is -0.880. The van der Waals surface area contributed by atoms with Crippen LogP contribution in [0.4, 0.5) is 0 Å². The largest absolute Gasteiger partial charge is 0.492 e. The van der Waals surface area contributed by atoms with Crippen LogP contribution in [0.2, 0.25) is 0 Å². The first kappa shape index (κ1) is 22.3. The first-order valence-corrected chi connectivity index (χ1v) is 11.6. The second-order valence-electron chi connectivity index (χ2n) is 9.73. The topological polar surface area (TPSA) is 61.8 Å².